The molecule has 0 saturated heterocycles. The van der Waals surface area contributed by atoms with Crippen molar-refractivity contribution >= 4 is 11.4 Å². The fourth-order valence-electron chi connectivity index (χ4n) is 1.88. The van der Waals surface area contributed by atoms with Crippen LogP contribution in [0.3, 0.4) is 0 Å². The van der Waals surface area contributed by atoms with Crippen molar-refractivity contribution in [3.63, 3.8) is 0 Å². The molecule has 0 aliphatic heterocycles. The highest BCUT2D eigenvalue weighted by molar-refractivity contribution is 5.45. The number of H-pyrrole nitrogens is 2. The molecule has 4 N–H and O–H groups in total. The number of nitrogens with zero attached hydrogens (tertiary/aromatic N) is 1. The van der Waals surface area contributed by atoms with Crippen LogP contribution in [0.4, 0.5) is 11.4 Å². The summed E-state index contributed by atoms with van der Waals surface area (Å²) in [6, 6.07) is 0. The molecule has 118 valence electrons. The van der Waals surface area contributed by atoms with E-state index in [9.17, 15) is 10.1 Å². The van der Waals surface area contributed by atoms with E-state index in [2.05, 4.69) is 23.8 Å². The van der Waals surface area contributed by atoms with Gasteiger partial charge < -0.3 is 15.7 Å². The summed E-state index contributed by atoms with van der Waals surface area (Å²) in [5.74, 6) is 0.720. The van der Waals surface area contributed by atoms with Crippen molar-refractivity contribution in [3.8, 4) is 0 Å². The van der Waals surface area contributed by atoms with Crippen molar-refractivity contribution < 1.29 is 4.92 Å². The Balaban J connectivity index is 0.000000370. The van der Waals surface area contributed by atoms with E-state index in [-0.39, 0.29) is 24.0 Å². The van der Waals surface area contributed by atoms with Crippen LogP contribution < -0.4 is 5.73 Å². The van der Waals surface area contributed by atoms with Crippen LogP contribution in [-0.4, -0.2) is 14.9 Å². The predicted molar refractivity (Wildman–Crippen MR) is 87.6 cm³/mol. The fourth-order valence-corrected chi connectivity index (χ4v) is 1.88. The maximum Gasteiger partial charge on any atom is 0.290 e. The van der Waals surface area contributed by atoms with Crippen LogP contribution in [0.15, 0.2) is 24.8 Å². The molecule has 0 aliphatic rings. The van der Waals surface area contributed by atoms with Crippen molar-refractivity contribution in [1.82, 2.24) is 9.97 Å². The second-order valence-electron chi connectivity index (χ2n) is 5.23. The minimum absolute atomic E-state index is 0. The Bertz CT molecular complexity index is 556. The molecular weight excluding hydrogens is 268 g/mol. The number of nitro groups is 1. The van der Waals surface area contributed by atoms with Crippen LogP contribution in [0, 0.1) is 10.1 Å². The van der Waals surface area contributed by atoms with E-state index in [1.807, 2.05) is 26.2 Å². The number of aromatic nitrogens is 2. The molecule has 0 spiro atoms. The van der Waals surface area contributed by atoms with Crippen molar-refractivity contribution in [2.45, 2.75) is 47.0 Å². The van der Waals surface area contributed by atoms with Crippen molar-refractivity contribution in [2.75, 3.05) is 5.73 Å². The number of hydrogen-bond acceptors (Lipinski definition) is 3. The van der Waals surface area contributed by atoms with Crippen LogP contribution in [0.1, 0.15) is 58.1 Å². The van der Waals surface area contributed by atoms with Gasteiger partial charge in [0.05, 0.1) is 16.8 Å². The SMILES string of the molecule is C.CC(C)c1c[nH]cc1N.CC(C)c1c[nH]cc1[N+](=O)[O-]. The third kappa shape index (κ3) is 4.98. The summed E-state index contributed by atoms with van der Waals surface area (Å²) in [6.45, 7) is 8.10. The first-order valence-corrected chi connectivity index (χ1v) is 6.57. The average molecular weight is 294 g/mol. The highest BCUT2D eigenvalue weighted by Crippen LogP contribution is 2.24. The molecule has 2 rings (SSSR count). The van der Waals surface area contributed by atoms with E-state index in [0.29, 0.717) is 5.92 Å². The summed E-state index contributed by atoms with van der Waals surface area (Å²) in [5, 5.41) is 10.4. The molecule has 0 bridgehead atoms. The van der Waals surface area contributed by atoms with Gasteiger partial charge in [-0.25, -0.2) is 0 Å². The van der Waals surface area contributed by atoms with Crippen LogP contribution in [0.25, 0.3) is 0 Å². The second kappa shape index (κ2) is 8.14. The van der Waals surface area contributed by atoms with Gasteiger partial charge in [0.1, 0.15) is 0 Å². The first-order chi connectivity index (χ1) is 9.34. The smallest absolute Gasteiger partial charge is 0.290 e. The van der Waals surface area contributed by atoms with Gasteiger partial charge in [-0.2, -0.15) is 0 Å². The molecule has 0 aliphatic carbocycles. The highest BCUT2D eigenvalue weighted by atomic mass is 16.6. The zero-order valence-corrected chi connectivity index (χ0v) is 12.3. The molecule has 2 aromatic rings. The van der Waals surface area contributed by atoms with E-state index >= 15 is 0 Å². The van der Waals surface area contributed by atoms with Crippen LogP contribution >= 0.6 is 0 Å². The van der Waals surface area contributed by atoms with Gasteiger partial charge in [-0.1, -0.05) is 35.1 Å². The number of nitrogen functional groups attached to an aromatic ring is 1. The van der Waals surface area contributed by atoms with Crippen LogP contribution in [0.5, 0.6) is 0 Å². The lowest BCUT2D eigenvalue weighted by Gasteiger charge is -2.00. The Morgan fingerprint density at radius 1 is 1.00 bits per heavy atom. The lowest BCUT2D eigenvalue weighted by atomic mass is 10.1. The standard InChI is InChI=1S/C7H10N2O2.C7H12N2.CH4/c1-5(2)6-3-8-4-7(6)9(10)11;1-5(2)6-3-9-4-7(6)8;/h3-5,8H,1-2H3;3-5,9H,8H2,1-2H3;1H4. The van der Waals surface area contributed by atoms with Gasteiger partial charge in [0.15, 0.2) is 0 Å². The van der Waals surface area contributed by atoms with Gasteiger partial charge in [-0.05, 0) is 17.4 Å². The molecule has 6 heteroatoms. The van der Waals surface area contributed by atoms with E-state index in [0.717, 1.165) is 11.3 Å². The lowest BCUT2D eigenvalue weighted by molar-refractivity contribution is -0.385. The molecular formula is C15H26N4O2. The molecule has 0 fully saturated rings. The Kier molecular flexibility index (Phi) is 7.27. The maximum atomic E-state index is 10.4. The first kappa shape index (κ1) is 18.8. The molecule has 0 atom stereocenters. The van der Waals surface area contributed by atoms with Crippen LogP contribution in [-0.2, 0) is 0 Å². The number of rotatable bonds is 3. The zero-order chi connectivity index (χ0) is 15.3. The molecule has 2 aromatic heterocycles. The van der Waals surface area contributed by atoms with E-state index in [1.165, 1.54) is 11.8 Å². The van der Waals surface area contributed by atoms with E-state index in [4.69, 9.17) is 5.73 Å². The topological polar surface area (TPSA) is 101 Å². The number of aromatic amines is 2. The Labute approximate surface area is 125 Å². The summed E-state index contributed by atoms with van der Waals surface area (Å²) in [5.41, 5.74) is 8.62. The van der Waals surface area contributed by atoms with Crippen molar-refractivity contribution in [3.05, 3.63) is 46.0 Å². The molecule has 0 unspecified atom stereocenters. The third-order valence-corrected chi connectivity index (χ3v) is 3.01. The number of nitrogens with one attached hydrogen (secondary N) is 2. The number of anilines is 1. The summed E-state index contributed by atoms with van der Waals surface area (Å²) in [7, 11) is 0. The molecule has 6 nitrogen and oxygen atoms in total. The lowest BCUT2D eigenvalue weighted by Crippen LogP contribution is -1.92. The van der Waals surface area contributed by atoms with Gasteiger partial charge in [0.25, 0.3) is 5.69 Å². The normalized spacial score (nSPS) is 10.0. The predicted octanol–water partition coefficient (Wildman–Crippen LogP) is 4.40. The molecule has 2 heterocycles. The average Bonchev–Trinajstić information content (AvgIpc) is 2.96. The van der Waals surface area contributed by atoms with Crippen molar-refractivity contribution in [1.29, 1.82) is 0 Å². The summed E-state index contributed by atoms with van der Waals surface area (Å²) in [6.07, 6.45) is 6.84. The molecule has 0 radical (unpaired) electrons. The minimum Gasteiger partial charge on any atom is -0.397 e. The zero-order valence-electron chi connectivity index (χ0n) is 12.3. The molecule has 21 heavy (non-hydrogen) atoms. The van der Waals surface area contributed by atoms with Crippen molar-refractivity contribution in [2.24, 2.45) is 0 Å². The largest absolute Gasteiger partial charge is 0.397 e. The number of hydrogen-bond donors (Lipinski definition) is 3. The highest BCUT2D eigenvalue weighted by Gasteiger charge is 2.16. The maximum absolute atomic E-state index is 10.4. The summed E-state index contributed by atoms with van der Waals surface area (Å²) < 4.78 is 0. The third-order valence-electron chi connectivity index (χ3n) is 3.01. The van der Waals surface area contributed by atoms with E-state index < -0.39 is 0 Å². The van der Waals surface area contributed by atoms with Gasteiger partial charge >= 0.3 is 0 Å². The quantitative estimate of drug-likeness (QED) is 0.577. The minimum atomic E-state index is -0.369. The van der Waals surface area contributed by atoms with Crippen LogP contribution in [0.2, 0.25) is 0 Å². The first-order valence-electron chi connectivity index (χ1n) is 6.57. The van der Waals surface area contributed by atoms with Gasteiger partial charge in [-0.3, -0.25) is 10.1 Å². The fraction of sp³-hybridized carbons (Fsp3) is 0.467. The van der Waals surface area contributed by atoms with Gasteiger partial charge in [0, 0.05) is 24.2 Å². The second-order valence-corrected chi connectivity index (χ2v) is 5.23. The van der Waals surface area contributed by atoms with Gasteiger partial charge in [0.2, 0.25) is 0 Å². The number of nitrogens with two attached hydrogens (primary N) is 1. The molecule has 0 aromatic carbocycles. The Morgan fingerprint density at radius 3 is 1.76 bits per heavy atom. The molecule has 0 saturated carbocycles. The molecule has 0 amide bonds. The monoisotopic (exact) mass is 294 g/mol. The summed E-state index contributed by atoms with van der Waals surface area (Å²) in [4.78, 5) is 15.7. The van der Waals surface area contributed by atoms with E-state index in [1.54, 1.807) is 6.20 Å². The Hall–Kier alpha value is -2.24. The van der Waals surface area contributed by atoms with Gasteiger partial charge in [-0.15, -0.1) is 0 Å². The Morgan fingerprint density at radius 2 is 1.48 bits per heavy atom. The summed E-state index contributed by atoms with van der Waals surface area (Å²) >= 11 is 0.